The topological polar surface area (TPSA) is 69.1 Å². The number of fused-ring (bicyclic) bond motifs is 1. The summed E-state index contributed by atoms with van der Waals surface area (Å²) in [7, 11) is 0. The first kappa shape index (κ1) is 10.2. The number of aromatic nitrogens is 4. The Labute approximate surface area is 105 Å². The van der Waals surface area contributed by atoms with E-state index in [1.54, 1.807) is 0 Å². The Bertz CT molecular complexity index is 691. The second-order valence-electron chi connectivity index (χ2n) is 3.53. The molecule has 0 aliphatic carbocycles. The molecule has 0 amide bonds. The van der Waals surface area contributed by atoms with Crippen molar-refractivity contribution in [1.29, 1.82) is 0 Å². The maximum atomic E-state index is 5.68. The van der Waals surface area contributed by atoms with Crippen LogP contribution < -0.4 is 5.73 Å². The smallest absolute Gasteiger partial charge is 0.243 e. The fourth-order valence-electron chi connectivity index (χ4n) is 1.62. The van der Waals surface area contributed by atoms with Gasteiger partial charge >= 0.3 is 0 Å². The number of hydrogen-bond acceptors (Lipinski definition) is 4. The second kappa shape index (κ2) is 3.81. The molecule has 6 heteroatoms. The summed E-state index contributed by atoms with van der Waals surface area (Å²) in [5.41, 5.74) is 8.13. The minimum Gasteiger partial charge on any atom is -0.366 e. The summed E-state index contributed by atoms with van der Waals surface area (Å²) in [5.74, 6) is 0.286. The van der Waals surface area contributed by atoms with E-state index in [1.165, 1.54) is 4.52 Å². The van der Waals surface area contributed by atoms with E-state index in [0.29, 0.717) is 5.65 Å². The van der Waals surface area contributed by atoms with Crippen LogP contribution in [0.4, 0.5) is 5.95 Å². The van der Waals surface area contributed by atoms with Gasteiger partial charge < -0.3 is 5.73 Å². The summed E-state index contributed by atoms with van der Waals surface area (Å²) in [5, 5.41) is 12.1. The zero-order chi connectivity index (χ0) is 11.8. The predicted molar refractivity (Wildman–Crippen MR) is 68.3 cm³/mol. The molecular weight excluding hydrogens is 282 g/mol. The number of benzene rings is 1. The van der Waals surface area contributed by atoms with E-state index in [1.807, 2.05) is 36.4 Å². The minimum atomic E-state index is 0.286. The molecule has 1 aromatic carbocycles. The van der Waals surface area contributed by atoms with Crippen molar-refractivity contribution in [2.24, 2.45) is 0 Å². The maximum absolute atomic E-state index is 5.68. The molecule has 3 aromatic rings. The third-order valence-electron chi connectivity index (χ3n) is 2.44. The van der Waals surface area contributed by atoms with Crippen LogP contribution in [0.5, 0.6) is 0 Å². The first-order chi connectivity index (χ1) is 8.25. The Kier molecular flexibility index (Phi) is 2.29. The zero-order valence-corrected chi connectivity index (χ0v) is 10.3. The molecule has 3 rings (SSSR count). The quantitative estimate of drug-likeness (QED) is 0.745. The highest BCUT2D eigenvalue weighted by atomic mass is 79.9. The normalized spacial score (nSPS) is 10.9. The second-order valence-corrected chi connectivity index (χ2v) is 4.38. The number of nitrogens with two attached hydrogens (primary N) is 1. The first-order valence-electron chi connectivity index (χ1n) is 4.98. The summed E-state index contributed by atoms with van der Waals surface area (Å²) < 4.78 is 2.51. The molecule has 0 bridgehead atoms. The van der Waals surface area contributed by atoms with Gasteiger partial charge in [-0.1, -0.05) is 34.1 Å². The summed E-state index contributed by atoms with van der Waals surface area (Å²) in [6, 6.07) is 11.6. The van der Waals surface area contributed by atoms with Gasteiger partial charge in [-0.05, 0) is 18.2 Å². The Morgan fingerprint density at radius 1 is 1.06 bits per heavy atom. The average molecular weight is 290 g/mol. The van der Waals surface area contributed by atoms with Gasteiger partial charge in [0.25, 0.3) is 0 Å². The average Bonchev–Trinajstić information content (AvgIpc) is 2.71. The van der Waals surface area contributed by atoms with Gasteiger partial charge in [0.1, 0.15) is 0 Å². The van der Waals surface area contributed by atoms with Crippen molar-refractivity contribution < 1.29 is 0 Å². The van der Waals surface area contributed by atoms with Crippen LogP contribution in [0, 0.1) is 0 Å². The number of rotatable bonds is 1. The third-order valence-corrected chi connectivity index (χ3v) is 3.13. The monoisotopic (exact) mass is 289 g/mol. The van der Waals surface area contributed by atoms with Gasteiger partial charge in [0.2, 0.25) is 5.95 Å². The molecule has 0 atom stereocenters. The lowest BCUT2D eigenvalue weighted by Crippen LogP contribution is -1.99. The van der Waals surface area contributed by atoms with Crippen molar-refractivity contribution in [2.45, 2.75) is 0 Å². The van der Waals surface area contributed by atoms with Crippen LogP contribution in [0.25, 0.3) is 16.9 Å². The van der Waals surface area contributed by atoms with Crippen molar-refractivity contribution in [3.63, 3.8) is 0 Å². The van der Waals surface area contributed by atoms with E-state index in [0.717, 1.165) is 15.7 Å². The van der Waals surface area contributed by atoms with E-state index >= 15 is 0 Å². The van der Waals surface area contributed by atoms with Gasteiger partial charge in [0, 0.05) is 10.0 Å². The molecule has 0 saturated heterocycles. The minimum absolute atomic E-state index is 0.286. The zero-order valence-electron chi connectivity index (χ0n) is 8.71. The molecule has 0 spiro atoms. The van der Waals surface area contributed by atoms with Crippen LogP contribution in [-0.4, -0.2) is 19.8 Å². The van der Waals surface area contributed by atoms with Gasteiger partial charge in [0.05, 0.1) is 5.69 Å². The van der Waals surface area contributed by atoms with Crippen molar-refractivity contribution in [2.75, 3.05) is 5.73 Å². The van der Waals surface area contributed by atoms with E-state index in [9.17, 15) is 0 Å². The Morgan fingerprint density at radius 3 is 2.71 bits per heavy atom. The van der Waals surface area contributed by atoms with Crippen LogP contribution in [0.2, 0.25) is 0 Å². The lowest BCUT2D eigenvalue weighted by atomic mass is 10.1. The van der Waals surface area contributed by atoms with E-state index < -0.39 is 0 Å². The fraction of sp³-hybridized carbons (Fsp3) is 0. The summed E-state index contributed by atoms with van der Waals surface area (Å²) in [4.78, 5) is 0. The first-order valence-corrected chi connectivity index (χ1v) is 5.78. The molecule has 5 nitrogen and oxygen atoms in total. The van der Waals surface area contributed by atoms with Crippen molar-refractivity contribution in [3.8, 4) is 11.3 Å². The van der Waals surface area contributed by atoms with Gasteiger partial charge in [-0.15, -0.1) is 10.2 Å². The van der Waals surface area contributed by atoms with Crippen molar-refractivity contribution >= 4 is 27.5 Å². The van der Waals surface area contributed by atoms with Gasteiger partial charge in [-0.2, -0.15) is 9.61 Å². The number of anilines is 1. The van der Waals surface area contributed by atoms with E-state index in [4.69, 9.17) is 5.73 Å². The molecular formula is C11H8BrN5. The lowest BCUT2D eigenvalue weighted by molar-refractivity contribution is 0.946. The SMILES string of the molecule is Nc1nnc2ccc(-c3ccccc3Br)nn12. The highest BCUT2D eigenvalue weighted by Gasteiger charge is 2.07. The van der Waals surface area contributed by atoms with E-state index in [2.05, 4.69) is 31.2 Å². The molecule has 0 unspecified atom stereocenters. The Hall–Kier alpha value is -1.95. The van der Waals surface area contributed by atoms with Crippen molar-refractivity contribution in [1.82, 2.24) is 19.8 Å². The van der Waals surface area contributed by atoms with Gasteiger partial charge in [0.15, 0.2) is 5.65 Å². The molecule has 84 valence electrons. The molecule has 0 fully saturated rings. The molecule has 0 saturated carbocycles. The van der Waals surface area contributed by atoms with Crippen LogP contribution >= 0.6 is 15.9 Å². The van der Waals surface area contributed by atoms with E-state index in [-0.39, 0.29) is 5.95 Å². The molecule has 2 aromatic heterocycles. The van der Waals surface area contributed by atoms with Gasteiger partial charge in [-0.25, -0.2) is 0 Å². The molecule has 17 heavy (non-hydrogen) atoms. The molecule has 2 N–H and O–H groups in total. The van der Waals surface area contributed by atoms with Crippen LogP contribution in [0.15, 0.2) is 40.9 Å². The molecule has 0 aliphatic heterocycles. The summed E-state index contributed by atoms with van der Waals surface area (Å²) in [6.45, 7) is 0. The molecule has 0 aliphatic rings. The largest absolute Gasteiger partial charge is 0.366 e. The van der Waals surface area contributed by atoms with Crippen LogP contribution in [-0.2, 0) is 0 Å². The van der Waals surface area contributed by atoms with Crippen molar-refractivity contribution in [3.05, 3.63) is 40.9 Å². The number of nitrogens with zero attached hydrogens (tertiary/aromatic N) is 4. The number of nitrogen functional groups attached to an aromatic ring is 1. The highest BCUT2D eigenvalue weighted by molar-refractivity contribution is 9.10. The number of hydrogen-bond donors (Lipinski definition) is 1. The summed E-state index contributed by atoms with van der Waals surface area (Å²) in [6.07, 6.45) is 0. The lowest BCUT2D eigenvalue weighted by Gasteiger charge is -2.03. The number of halogens is 1. The molecule has 2 heterocycles. The highest BCUT2D eigenvalue weighted by Crippen LogP contribution is 2.26. The predicted octanol–water partition coefficient (Wildman–Crippen LogP) is 2.14. The summed E-state index contributed by atoms with van der Waals surface area (Å²) >= 11 is 3.49. The fourth-order valence-corrected chi connectivity index (χ4v) is 2.11. The van der Waals surface area contributed by atoms with Crippen LogP contribution in [0.3, 0.4) is 0 Å². The Balaban J connectivity index is 2.24. The van der Waals surface area contributed by atoms with Gasteiger partial charge in [-0.3, -0.25) is 0 Å². The maximum Gasteiger partial charge on any atom is 0.243 e. The van der Waals surface area contributed by atoms with Crippen LogP contribution in [0.1, 0.15) is 0 Å². The standard InChI is InChI=1S/C11H8BrN5/c12-8-4-2-1-3-7(8)9-5-6-10-14-15-11(13)17(10)16-9/h1-6H,(H2,13,15). The molecule has 0 radical (unpaired) electrons. The third kappa shape index (κ3) is 1.66. The Morgan fingerprint density at radius 2 is 1.88 bits per heavy atom.